The molecule has 1 aromatic heterocycles. The van der Waals surface area contributed by atoms with Crippen molar-refractivity contribution in [2.45, 2.75) is 26.8 Å². The van der Waals surface area contributed by atoms with Crippen LogP contribution in [0.2, 0.25) is 0 Å². The molecule has 0 aliphatic rings. The predicted octanol–water partition coefficient (Wildman–Crippen LogP) is 4.65. The molecule has 2 amide bonds. The molecule has 1 unspecified atom stereocenters. The third-order valence-electron chi connectivity index (χ3n) is 5.39. The molecule has 162 valence electrons. The lowest BCUT2D eigenvalue weighted by Gasteiger charge is -2.30. The standard InChI is InChI=1S/C25H29N3O3/c1-4-28(5-2)22(19-10-7-6-8-11-19)17-26-24(29)20-14-13-18(3)21(16-20)27-25(30)23-12-9-15-31-23/h6-16,22H,4-5,17H2,1-3H3,(H,26,29)(H,27,30). The maximum Gasteiger partial charge on any atom is 0.291 e. The zero-order chi connectivity index (χ0) is 22.2. The summed E-state index contributed by atoms with van der Waals surface area (Å²) in [5, 5.41) is 5.88. The molecule has 6 nitrogen and oxygen atoms in total. The van der Waals surface area contributed by atoms with Gasteiger partial charge in [0.2, 0.25) is 0 Å². The first-order valence-electron chi connectivity index (χ1n) is 10.6. The van der Waals surface area contributed by atoms with E-state index in [0.29, 0.717) is 17.8 Å². The Morgan fingerprint density at radius 1 is 0.968 bits per heavy atom. The van der Waals surface area contributed by atoms with Gasteiger partial charge in [-0.3, -0.25) is 14.5 Å². The Balaban J connectivity index is 1.72. The van der Waals surface area contributed by atoms with Crippen molar-refractivity contribution < 1.29 is 14.0 Å². The largest absolute Gasteiger partial charge is 0.459 e. The number of aryl methyl sites for hydroxylation is 1. The number of carbonyl (C=O) groups is 2. The highest BCUT2D eigenvalue weighted by atomic mass is 16.3. The number of hydrogen-bond donors (Lipinski definition) is 2. The molecule has 0 radical (unpaired) electrons. The van der Waals surface area contributed by atoms with Crippen LogP contribution in [-0.4, -0.2) is 36.3 Å². The summed E-state index contributed by atoms with van der Waals surface area (Å²) in [6, 6.07) is 18.8. The van der Waals surface area contributed by atoms with Crippen LogP contribution in [0, 0.1) is 6.92 Å². The number of anilines is 1. The van der Waals surface area contributed by atoms with Crippen molar-refractivity contribution in [2.24, 2.45) is 0 Å². The summed E-state index contributed by atoms with van der Waals surface area (Å²) in [6.07, 6.45) is 1.45. The predicted molar refractivity (Wildman–Crippen MR) is 122 cm³/mol. The van der Waals surface area contributed by atoms with E-state index >= 15 is 0 Å². The van der Waals surface area contributed by atoms with Crippen LogP contribution in [0.3, 0.4) is 0 Å². The molecule has 0 bridgehead atoms. The van der Waals surface area contributed by atoms with E-state index in [1.54, 1.807) is 24.3 Å². The normalized spacial score (nSPS) is 11.9. The SMILES string of the molecule is CCN(CC)C(CNC(=O)c1ccc(C)c(NC(=O)c2ccco2)c1)c1ccccc1. The zero-order valence-electron chi connectivity index (χ0n) is 18.2. The van der Waals surface area contributed by atoms with Gasteiger partial charge >= 0.3 is 0 Å². The van der Waals surface area contributed by atoms with Crippen LogP contribution in [0.4, 0.5) is 5.69 Å². The van der Waals surface area contributed by atoms with E-state index in [2.05, 4.69) is 41.5 Å². The summed E-state index contributed by atoms with van der Waals surface area (Å²) in [4.78, 5) is 27.5. The Morgan fingerprint density at radius 2 is 1.71 bits per heavy atom. The van der Waals surface area contributed by atoms with Crippen LogP contribution in [0.5, 0.6) is 0 Å². The molecular weight excluding hydrogens is 390 g/mol. The van der Waals surface area contributed by atoms with Gasteiger partial charge in [-0.05, 0) is 55.4 Å². The third kappa shape index (κ3) is 5.61. The van der Waals surface area contributed by atoms with Crippen molar-refractivity contribution in [3.05, 3.63) is 89.4 Å². The molecule has 1 atom stereocenters. The number of furan rings is 1. The minimum Gasteiger partial charge on any atom is -0.459 e. The maximum atomic E-state index is 12.9. The lowest BCUT2D eigenvalue weighted by molar-refractivity contribution is 0.0933. The lowest BCUT2D eigenvalue weighted by atomic mass is 10.0. The second kappa shape index (κ2) is 10.6. The summed E-state index contributed by atoms with van der Waals surface area (Å²) in [6.45, 7) is 8.39. The van der Waals surface area contributed by atoms with E-state index < -0.39 is 0 Å². The average Bonchev–Trinajstić information content (AvgIpc) is 3.33. The fourth-order valence-electron chi connectivity index (χ4n) is 3.58. The Labute approximate surface area is 183 Å². The van der Waals surface area contributed by atoms with Gasteiger partial charge in [0, 0.05) is 17.8 Å². The highest BCUT2D eigenvalue weighted by Crippen LogP contribution is 2.21. The Hall–Kier alpha value is -3.38. The van der Waals surface area contributed by atoms with Gasteiger partial charge in [0.15, 0.2) is 5.76 Å². The molecule has 3 rings (SSSR count). The Morgan fingerprint density at radius 3 is 2.35 bits per heavy atom. The highest BCUT2D eigenvalue weighted by molar-refractivity contribution is 6.03. The molecular formula is C25H29N3O3. The number of hydrogen-bond acceptors (Lipinski definition) is 4. The number of nitrogens with zero attached hydrogens (tertiary/aromatic N) is 1. The number of amides is 2. The Kier molecular flexibility index (Phi) is 7.62. The van der Waals surface area contributed by atoms with E-state index in [1.165, 1.54) is 11.8 Å². The van der Waals surface area contributed by atoms with Crippen LogP contribution in [0.25, 0.3) is 0 Å². The van der Waals surface area contributed by atoms with Crippen molar-refractivity contribution in [3.8, 4) is 0 Å². The molecule has 6 heteroatoms. The highest BCUT2D eigenvalue weighted by Gasteiger charge is 2.19. The van der Waals surface area contributed by atoms with Crippen LogP contribution in [0.1, 0.15) is 51.9 Å². The summed E-state index contributed by atoms with van der Waals surface area (Å²) < 4.78 is 5.14. The van der Waals surface area contributed by atoms with Gasteiger partial charge in [-0.15, -0.1) is 0 Å². The molecule has 0 saturated heterocycles. The zero-order valence-corrected chi connectivity index (χ0v) is 18.2. The molecule has 0 aliphatic heterocycles. The van der Waals surface area contributed by atoms with Gasteiger partial charge < -0.3 is 15.1 Å². The molecule has 2 aromatic carbocycles. The van der Waals surface area contributed by atoms with E-state index in [1.807, 2.05) is 31.2 Å². The second-order valence-electron chi connectivity index (χ2n) is 7.32. The fraction of sp³-hybridized carbons (Fsp3) is 0.280. The summed E-state index contributed by atoms with van der Waals surface area (Å²) in [5.41, 5.74) is 3.10. The Bertz CT molecular complexity index is 996. The molecule has 0 fully saturated rings. The molecule has 0 aliphatic carbocycles. The summed E-state index contributed by atoms with van der Waals surface area (Å²) in [5.74, 6) is -0.308. The molecule has 1 heterocycles. The molecule has 2 N–H and O–H groups in total. The molecule has 31 heavy (non-hydrogen) atoms. The number of rotatable bonds is 9. The van der Waals surface area contributed by atoms with Gasteiger partial charge in [-0.2, -0.15) is 0 Å². The van der Waals surface area contributed by atoms with E-state index in [0.717, 1.165) is 18.7 Å². The van der Waals surface area contributed by atoms with Crippen LogP contribution >= 0.6 is 0 Å². The van der Waals surface area contributed by atoms with Crippen LogP contribution < -0.4 is 10.6 Å². The first-order chi connectivity index (χ1) is 15.0. The third-order valence-corrected chi connectivity index (χ3v) is 5.39. The van der Waals surface area contributed by atoms with E-state index in [4.69, 9.17) is 4.42 Å². The average molecular weight is 420 g/mol. The molecule has 3 aromatic rings. The monoisotopic (exact) mass is 419 g/mol. The molecule has 0 spiro atoms. The van der Waals surface area contributed by atoms with E-state index in [-0.39, 0.29) is 23.6 Å². The van der Waals surface area contributed by atoms with Gasteiger partial charge in [0.25, 0.3) is 11.8 Å². The van der Waals surface area contributed by atoms with Crippen molar-refractivity contribution >= 4 is 17.5 Å². The van der Waals surface area contributed by atoms with Crippen molar-refractivity contribution in [3.63, 3.8) is 0 Å². The quantitative estimate of drug-likeness (QED) is 0.529. The number of carbonyl (C=O) groups excluding carboxylic acids is 2. The summed E-state index contributed by atoms with van der Waals surface area (Å²) in [7, 11) is 0. The minimum atomic E-state index is -0.351. The first kappa shape index (κ1) is 22.3. The second-order valence-corrected chi connectivity index (χ2v) is 7.32. The van der Waals surface area contributed by atoms with E-state index in [9.17, 15) is 9.59 Å². The first-order valence-corrected chi connectivity index (χ1v) is 10.6. The number of benzene rings is 2. The number of likely N-dealkylation sites (N-methyl/N-ethyl adjacent to an activating group) is 1. The topological polar surface area (TPSA) is 74.6 Å². The van der Waals surface area contributed by atoms with Crippen LogP contribution in [-0.2, 0) is 0 Å². The smallest absolute Gasteiger partial charge is 0.291 e. The van der Waals surface area contributed by atoms with Gasteiger partial charge in [-0.25, -0.2) is 0 Å². The minimum absolute atomic E-state index is 0.0868. The molecule has 0 saturated carbocycles. The van der Waals surface area contributed by atoms with Crippen LogP contribution in [0.15, 0.2) is 71.3 Å². The van der Waals surface area contributed by atoms with Crippen molar-refractivity contribution in [1.29, 1.82) is 0 Å². The van der Waals surface area contributed by atoms with Gasteiger partial charge in [0.1, 0.15) is 0 Å². The summed E-state index contributed by atoms with van der Waals surface area (Å²) >= 11 is 0. The van der Waals surface area contributed by atoms with Crippen molar-refractivity contribution in [2.75, 3.05) is 25.0 Å². The van der Waals surface area contributed by atoms with Crippen molar-refractivity contribution in [1.82, 2.24) is 10.2 Å². The maximum absolute atomic E-state index is 12.9. The van der Waals surface area contributed by atoms with Gasteiger partial charge in [0.05, 0.1) is 12.3 Å². The number of nitrogens with one attached hydrogen (secondary N) is 2. The lowest BCUT2D eigenvalue weighted by Crippen LogP contribution is -2.38. The fourth-order valence-corrected chi connectivity index (χ4v) is 3.58. The van der Waals surface area contributed by atoms with Gasteiger partial charge in [-0.1, -0.05) is 50.2 Å².